The number of fused-ring (bicyclic) bond motifs is 1. The third-order valence-electron chi connectivity index (χ3n) is 6.23. The molecule has 7 heteroatoms. The maximum atomic E-state index is 12.9. The number of carbonyl (C=O) groups excluding carboxylic acids is 3. The number of aromatic hydroxyl groups is 2. The zero-order valence-corrected chi connectivity index (χ0v) is 17.5. The van der Waals surface area contributed by atoms with Crippen molar-refractivity contribution in [3.63, 3.8) is 0 Å². The Morgan fingerprint density at radius 2 is 1.68 bits per heavy atom. The molecule has 0 radical (unpaired) electrons. The summed E-state index contributed by atoms with van der Waals surface area (Å²) in [7, 11) is 0. The van der Waals surface area contributed by atoms with Crippen LogP contribution in [-0.2, 0) is 6.42 Å². The van der Waals surface area contributed by atoms with Crippen molar-refractivity contribution >= 4 is 17.7 Å². The van der Waals surface area contributed by atoms with Gasteiger partial charge in [-0.2, -0.15) is 0 Å². The highest BCUT2D eigenvalue weighted by Crippen LogP contribution is 2.31. The first-order chi connectivity index (χ1) is 14.9. The van der Waals surface area contributed by atoms with Gasteiger partial charge in [-0.1, -0.05) is 19.3 Å². The van der Waals surface area contributed by atoms with Gasteiger partial charge in [0, 0.05) is 18.2 Å². The summed E-state index contributed by atoms with van der Waals surface area (Å²) in [6.07, 6.45) is 5.32. The predicted molar refractivity (Wildman–Crippen MR) is 114 cm³/mol. The van der Waals surface area contributed by atoms with E-state index < -0.39 is 0 Å². The number of nitrogens with zero attached hydrogens (tertiary/aromatic N) is 1. The zero-order chi connectivity index (χ0) is 22.1. The average molecular weight is 422 g/mol. The maximum absolute atomic E-state index is 12.9. The lowest BCUT2D eigenvalue weighted by atomic mass is 9.94. The Morgan fingerprint density at radius 1 is 1.00 bits per heavy atom. The molecular weight excluding hydrogens is 396 g/mol. The number of rotatable bonds is 5. The second-order valence-electron chi connectivity index (χ2n) is 8.31. The lowest BCUT2D eigenvalue weighted by Gasteiger charge is -2.29. The average Bonchev–Trinajstić information content (AvgIpc) is 3.02. The first-order valence-electron chi connectivity index (χ1n) is 10.7. The van der Waals surface area contributed by atoms with Crippen LogP contribution in [0.15, 0.2) is 30.3 Å². The minimum Gasteiger partial charge on any atom is -0.504 e. The molecule has 0 aromatic heterocycles. The van der Waals surface area contributed by atoms with Gasteiger partial charge in [-0.05, 0) is 67.6 Å². The number of amides is 3. The predicted octanol–water partition coefficient (Wildman–Crippen LogP) is 3.31. The summed E-state index contributed by atoms with van der Waals surface area (Å²) < 4.78 is 0. The molecule has 0 spiro atoms. The molecule has 1 heterocycles. The van der Waals surface area contributed by atoms with Crippen LogP contribution in [0.5, 0.6) is 11.5 Å². The van der Waals surface area contributed by atoms with E-state index in [1.54, 1.807) is 12.1 Å². The molecule has 4 rings (SSSR count). The van der Waals surface area contributed by atoms with Gasteiger partial charge in [0.05, 0.1) is 11.1 Å². The Hall–Kier alpha value is -3.35. The van der Waals surface area contributed by atoms with Crippen LogP contribution in [-0.4, -0.2) is 45.4 Å². The number of hydrogen-bond donors (Lipinski definition) is 3. The molecule has 2 aliphatic rings. The van der Waals surface area contributed by atoms with Crippen LogP contribution in [0, 0.1) is 6.92 Å². The van der Waals surface area contributed by atoms with Crippen molar-refractivity contribution in [3.8, 4) is 11.5 Å². The molecule has 2 aromatic rings. The summed E-state index contributed by atoms with van der Waals surface area (Å²) in [5.41, 5.74) is 2.61. The van der Waals surface area contributed by atoms with E-state index in [0.29, 0.717) is 29.7 Å². The fraction of sp³-hybridized carbons (Fsp3) is 0.375. The fourth-order valence-electron chi connectivity index (χ4n) is 4.48. The van der Waals surface area contributed by atoms with Crippen molar-refractivity contribution in [1.29, 1.82) is 0 Å². The topological polar surface area (TPSA) is 107 Å². The van der Waals surface area contributed by atoms with Crippen LogP contribution in [0.4, 0.5) is 0 Å². The van der Waals surface area contributed by atoms with Crippen LogP contribution in [0.1, 0.15) is 74.3 Å². The number of hydrogen-bond acceptors (Lipinski definition) is 5. The highest BCUT2D eigenvalue weighted by molar-refractivity contribution is 6.22. The zero-order valence-electron chi connectivity index (χ0n) is 17.5. The summed E-state index contributed by atoms with van der Waals surface area (Å²) in [5.74, 6) is -1.28. The molecule has 1 aliphatic heterocycles. The van der Waals surface area contributed by atoms with E-state index >= 15 is 0 Å². The molecule has 31 heavy (non-hydrogen) atoms. The first-order valence-corrected chi connectivity index (χ1v) is 10.7. The molecule has 162 valence electrons. The van der Waals surface area contributed by atoms with E-state index in [4.69, 9.17) is 0 Å². The van der Waals surface area contributed by atoms with E-state index in [9.17, 15) is 24.6 Å². The van der Waals surface area contributed by atoms with Crippen molar-refractivity contribution in [3.05, 3.63) is 58.1 Å². The van der Waals surface area contributed by atoms with Crippen LogP contribution >= 0.6 is 0 Å². The van der Waals surface area contributed by atoms with Gasteiger partial charge in [-0.3, -0.25) is 19.3 Å². The quantitative estimate of drug-likeness (QED) is 0.506. The van der Waals surface area contributed by atoms with Gasteiger partial charge in [0.25, 0.3) is 17.7 Å². The van der Waals surface area contributed by atoms with Gasteiger partial charge in [-0.15, -0.1) is 0 Å². The second kappa shape index (κ2) is 8.41. The van der Waals surface area contributed by atoms with E-state index in [2.05, 4.69) is 5.32 Å². The van der Waals surface area contributed by atoms with E-state index in [0.717, 1.165) is 43.2 Å². The van der Waals surface area contributed by atoms with Gasteiger partial charge in [0.15, 0.2) is 11.5 Å². The summed E-state index contributed by atoms with van der Waals surface area (Å²) in [6, 6.07) is 7.55. The smallest absolute Gasteiger partial charge is 0.261 e. The van der Waals surface area contributed by atoms with Crippen molar-refractivity contribution in [2.75, 3.05) is 6.54 Å². The van der Waals surface area contributed by atoms with E-state index in [1.165, 1.54) is 23.1 Å². The summed E-state index contributed by atoms with van der Waals surface area (Å²) in [5, 5.41) is 22.0. The molecule has 0 atom stereocenters. The van der Waals surface area contributed by atoms with Crippen LogP contribution < -0.4 is 5.32 Å². The van der Waals surface area contributed by atoms with Gasteiger partial charge in [-0.25, -0.2) is 0 Å². The van der Waals surface area contributed by atoms with Gasteiger partial charge >= 0.3 is 0 Å². The number of benzene rings is 2. The standard InChI is InChI=1S/C24H26N2O5/c1-14-11-20(27)21(28)13-15(14)9-10-25-22(29)16-7-8-18-19(12-16)24(31)26(23(18)30)17-5-3-2-4-6-17/h7-8,11-13,17,27-28H,2-6,9-10H2,1H3,(H,25,29). The normalized spacial score (nSPS) is 16.5. The third kappa shape index (κ3) is 4.00. The Balaban J connectivity index is 1.43. The highest BCUT2D eigenvalue weighted by atomic mass is 16.3. The largest absolute Gasteiger partial charge is 0.504 e. The van der Waals surface area contributed by atoms with Crippen molar-refractivity contribution in [1.82, 2.24) is 10.2 Å². The van der Waals surface area contributed by atoms with Gasteiger partial charge in [0.2, 0.25) is 0 Å². The molecule has 0 bridgehead atoms. The highest BCUT2D eigenvalue weighted by Gasteiger charge is 2.40. The van der Waals surface area contributed by atoms with E-state index in [-0.39, 0.29) is 35.3 Å². The van der Waals surface area contributed by atoms with Crippen molar-refractivity contribution in [2.45, 2.75) is 51.5 Å². The van der Waals surface area contributed by atoms with Gasteiger partial charge in [0.1, 0.15) is 0 Å². The summed E-state index contributed by atoms with van der Waals surface area (Å²) >= 11 is 0. The Labute approximate surface area is 180 Å². The Morgan fingerprint density at radius 3 is 2.42 bits per heavy atom. The minimum atomic E-state index is -0.334. The molecule has 2 aromatic carbocycles. The maximum Gasteiger partial charge on any atom is 0.261 e. The van der Waals surface area contributed by atoms with Gasteiger partial charge < -0.3 is 15.5 Å². The number of phenolic OH excluding ortho intramolecular Hbond substituents is 2. The van der Waals surface area contributed by atoms with Crippen LogP contribution in [0.3, 0.4) is 0 Å². The molecule has 3 amide bonds. The fourth-order valence-corrected chi connectivity index (χ4v) is 4.48. The Kier molecular flexibility index (Phi) is 5.67. The summed E-state index contributed by atoms with van der Waals surface area (Å²) in [4.78, 5) is 39.7. The number of nitrogens with one attached hydrogen (secondary N) is 1. The first kappa shape index (κ1) is 20.9. The molecule has 7 nitrogen and oxygen atoms in total. The second-order valence-corrected chi connectivity index (χ2v) is 8.31. The number of carbonyl (C=O) groups is 3. The molecule has 1 saturated carbocycles. The molecule has 1 fully saturated rings. The monoisotopic (exact) mass is 422 g/mol. The third-order valence-corrected chi connectivity index (χ3v) is 6.23. The van der Waals surface area contributed by atoms with Crippen molar-refractivity contribution in [2.24, 2.45) is 0 Å². The molecule has 0 unspecified atom stereocenters. The molecule has 1 aliphatic carbocycles. The lowest BCUT2D eigenvalue weighted by molar-refractivity contribution is 0.0548. The SMILES string of the molecule is Cc1cc(O)c(O)cc1CCNC(=O)c1ccc2c(c1)C(=O)N(C1CCCCC1)C2=O. The number of imide groups is 1. The minimum absolute atomic E-state index is 0.0524. The lowest BCUT2D eigenvalue weighted by Crippen LogP contribution is -2.40. The summed E-state index contributed by atoms with van der Waals surface area (Å²) in [6.45, 7) is 2.14. The van der Waals surface area contributed by atoms with E-state index in [1.807, 2.05) is 6.92 Å². The number of aryl methyl sites for hydroxylation is 1. The molecule has 3 N–H and O–H groups in total. The Bertz CT molecular complexity index is 1060. The van der Waals surface area contributed by atoms with Crippen LogP contribution in [0.25, 0.3) is 0 Å². The van der Waals surface area contributed by atoms with Crippen molar-refractivity contribution < 1.29 is 24.6 Å². The van der Waals surface area contributed by atoms with Crippen LogP contribution in [0.2, 0.25) is 0 Å². The number of phenols is 2. The molecular formula is C24H26N2O5. The molecule has 0 saturated heterocycles.